The Kier molecular flexibility index (Phi) is 6.61. The number of benzene rings is 1. The van der Waals surface area contributed by atoms with Gasteiger partial charge in [0.15, 0.2) is 0 Å². The molecule has 0 fully saturated rings. The molecule has 1 aromatic carbocycles. The number of halogens is 1. The Morgan fingerprint density at radius 1 is 1.39 bits per heavy atom. The molecule has 1 aromatic heterocycles. The van der Waals surface area contributed by atoms with Gasteiger partial charge in [-0.1, -0.05) is 0 Å². The average Bonchev–Trinajstić information content (AvgIpc) is 2.71. The van der Waals surface area contributed by atoms with Crippen molar-refractivity contribution in [2.75, 3.05) is 10.6 Å². The molecule has 0 radical (unpaired) electrons. The Balaban J connectivity index is 2.02. The number of allylic oxidation sites excluding steroid dienone is 1. The van der Waals surface area contributed by atoms with E-state index in [4.69, 9.17) is 0 Å². The van der Waals surface area contributed by atoms with Crippen LogP contribution in [0.15, 0.2) is 56.5 Å². The average molecular weight is 488 g/mol. The van der Waals surface area contributed by atoms with Gasteiger partial charge in [-0.15, -0.1) is 0 Å². The molecule has 6 heteroatoms. The molecule has 5 nitrogen and oxygen atoms in total. The van der Waals surface area contributed by atoms with Crippen LogP contribution in [0.5, 0.6) is 0 Å². The normalized spacial score (nSPS) is 14.6. The predicted molar refractivity (Wildman–Crippen MR) is 110 cm³/mol. The van der Waals surface area contributed by atoms with Gasteiger partial charge in [0.2, 0.25) is 0 Å². The van der Waals surface area contributed by atoms with Crippen molar-refractivity contribution in [3.63, 3.8) is 0 Å². The van der Waals surface area contributed by atoms with Crippen molar-refractivity contribution >= 4 is 34.0 Å². The number of amides is 2. The zero-order valence-corrected chi connectivity index (χ0v) is 18.2. The molecule has 0 aliphatic carbocycles. The van der Waals surface area contributed by atoms with Crippen LogP contribution in [-0.4, -0.2) is 16.8 Å². The molecule has 28 heavy (non-hydrogen) atoms. The Morgan fingerprint density at radius 2 is 2.21 bits per heavy atom. The monoisotopic (exact) mass is 488 g/mol. The van der Waals surface area contributed by atoms with Crippen LogP contribution >= 0.6 is 0 Å². The number of pyridine rings is 1. The summed E-state index contributed by atoms with van der Waals surface area (Å²) in [5.74, 6) is -0.115. The van der Waals surface area contributed by atoms with Crippen LogP contribution < -0.4 is 31.8 Å². The number of fused-ring (bicyclic) bond motifs is 3. The van der Waals surface area contributed by atoms with Crippen molar-refractivity contribution in [3.05, 3.63) is 62.1 Å². The molecule has 3 rings (SSSR count). The standard InChI is InChI=1S/C22H23IN3O2/c1-4-14(3)16(8-10-23-5-2)22(28)25-19-12-15-6-7-20(27)26-21(15)18-13-24-11-9-17(18)19/h5,8-13H,2,4,6-7H2,1,3H3,(H,25,28)(H,26,27)/q-1/b10-8-,16-14-. The van der Waals surface area contributed by atoms with E-state index in [1.807, 2.05) is 40.2 Å². The van der Waals surface area contributed by atoms with Gasteiger partial charge in [-0.3, -0.25) is 0 Å². The van der Waals surface area contributed by atoms with E-state index in [-0.39, 0.29) is 33.0 Å². The van der Waals surface area contributed by atoms with Crippen LogP contribution in [0.25, 0.3) is 10.8 Å². The Labute approximate surface area is 175 Å². The van der Waals surface area contributed by atoms with Crippen LogP contribution in [0, 0.1) is 0 Å². The van der Waals surface area contributed by atoms with E-state index < -0.39 is 0 Å². The third kappa shape index (κ3) is 4.32. The molecule has 2 heterocycles. The van der Waals surface area contributed by atoms with Crippen LogP contribution in [0.4, 0.5) is 11.4 Å². The fourth-order valence-electron chi connectivity index (χ4n) is 3.17. The number of rotatable bonds is 6. The quantitative estimate of drug-likeness (QED) is 0.368. The SMILES string of the molecule is C=C[I-]/C=C\C(C(=O)Nc1cc2c(c3cnccc13)NC(=O)CC2)=C(/C)CC. The second kappa shape index (κ2) is 9.14. The molecular formula is C22H23IN3O2-. The molecule has 0 spiro atoms. The van der Waals surface area contributed by atoms with E-state index in [1.165, 1.54) is 0 Å². The second-order valence-electron chi connectivity index (χ2n) is 6.50. The Hall–Kier alpha value is -2.48. The number of nitrogens with one attached hydrogen (secondary N) is 2. The number of carbonyl (C=O) groups excluding carboxylic acids is 2. The zero-order chi connectivity index (χ0) is 20.1. The first-order chi connectivity index (χ1) is 13.5. The molecule has 2 aromatic rings. The molecular weight excluding hydrogens is 465 g/mol. The van der Waals surface area contributed by atoms with E-state index in [9.17, 15) is 9.59 Å². The van der Waals surface area contributed by atoms with Crippen molar-refractivity contribution in [1.29, 1.82) is 0 Å². The molecule has 0 unspecified atom stereocenters. The molecule has 0 atom stereocenters. The van der Waals surface area contributed by atoms with Crippen LogP contribution in [0.1, 0.15) is 32.3 Å². The molecule has 146 valence electrons. The molecule has 1 aliphatic heterocycles. The summed E-state index contributed by atoms with van der Waals surface area (Å²) < 4.78 is 3.95. The number of nitrogens with zero attached hydrogens (tertiary/aromatic N) is 1. The van der Waals surface area contributed by atoms with Crippen LogP contribution in [0.2, 0.25) is 0 Å². The molecule has 0 saturated carbocycles. The summed E-state index contributed by atoms with van der Waals surface area (Å²) in [4.78, 5) is 29.1. The van der Waals surface area contributed by atoms with Gasteiger partial charge >= 0.3 is 176 Å². The van der Waals surface area contributed by atoms with Gasteiger partial charge in [-0.2, -0.15) is 0 Å². The first-order valence-corrected chi connectivity index (χ1v) is 11.6. The number of carbonyl (C=O) groups is 2. The summed E-state index contributed by atoms with van der Waals surface area (Å²) in [6, 6.07) is 3.83. The number of aromatic nitrogens is 1. The predicted octanol–water partition coefficient (Wildman–Crippen LogP) is 1.53. The van der Waals surface area contributed by atoms with E-state index >= 15 is 0 Å². The summed E-state index contributed by atoms with van der Waals surface area (Å²) in [6.45, 7) is 7.79. The van der Waals surface area contributed by atoms with E-state index in [0.717, 1.165) is 39.7 Å². The van der Waals surface area contributed by atoms with Crippen molar-refractivity contribution in [3.8, 4) is 0 Å². The summed E-state index contributed by atoms with van der Waals surface area (Å²) in [6.07, 6.45) is 7.23. The summed E-state index contributed by atoms with van der Waals surface area (Å²) in [5.41, 5.74) is 4.29. The van der Waals surface area contributed by atoms with Gasteiger partial charge in [0.25, 0.3) is 0 Å². The Morgan fingerprint density at radius 3 is 2.96 bits per heavy atom. The molecule has 2 N–H and O–H groups in total. The Bertz CT molecular complexity index is 1010. The maximum absolute atomic E-state index is 13.1. The molecule has 0 bridgehead atoms. The summed E-state index contributed by atoms with van der Waals surface area (Å²) in [5, 5.41) is 7.74. The van der Waals surface area contributed by atoms with Crippen molar-refractivity contribution < 1.29 is 30.8 Å². The number of aryl methyl sites for hydroxylation is 1. The third-order valence-electron chi connectivity index (χ3n) is 4.78. The van der Waals surface area contributed by atoms with Gasteiger partial charge in [-0.05, 0) is 0 Å². The van der Waals surface area contributed by atoms with Crippen molar-refractivity contribution in [2.24, 2.45) is 0 Å². The fraction of sp³-hybridized carbons (Fsp3) is 0.227. The fourth-order valence-corrected chi connectivity index (χ4v) is 4.03. The van der Waals surface area contributed by atoms with E-state index in [0.29, 0.717) is 18.4 Å². The minimum absolute atomic E-state index is 0.00823. The van der Waals surface area contributed by atoms with Gasteiger partial charge in [-0.25, -0.2) is 0 Å². The molecule has 0 saturated heterocycles. The summed E-state index contributed by atoms with van der Waals surface area (Å²) in [7, 11) is 0. The first-order valence-electron chi connectivity index (χ1n) is 9.15. The molecule has 1 aliphatic rings. The maximum atomic E-state index is 13.1. The van der Waals surface area contributed by atoms with Gasteiger partial charge < -0.3 is 0 Å². The number of hydrogen-bond acceptors (Lipinski definition) is 3. The van der Waals surface area contributed by atoms with Crippen LogP contribution in [0.3, 0.4) is 0 Å². The van der Waals surface area contributed by atoms with E-state index in [1.54, 1.807) is 12.4 Å². The summed E-state index contributed by atoms with van der Waals surface area (Å²) >= 11 is -0.242. The number of hydrogen-bond donors (Lipinski definition) is 2. The number of anilines is 2. The third-order valence-corrected chi connectivity index (χ3v) is 6.06. The zero-order valence-electron chi connectivity index (χ0n) is 16.0. The van der Waals surface area contributed by atoms with Crippen molar-refractivity contribution in [1.82, 2.24) is 4.98 Å². The van der Waals surface area contributed by atoms with Gasteiger partial charge in [0.05, 0.1) is 0 Å². The molecule has 2 amide bonds. The topological polar surface area (TPSA) is 71.1 Å². The van der Waals surface area contributed by atoms with E-state index in [2.05, 4.69) is 22.2 Å². The second-order valence-corrected chi connectivity index (χ2v) is 8.82. The van der Waals surface area contributed by atoms with Crippen molar-refractivity contribution in [2.45, 2.75) is 33.1 Å². The van der Waals surface area contributed by atoms with Gasteiger partial charge in [0.1, 0.15) is 0 Å². The minimum atomic E-state index is -0.242. The van der Waals surface area contributed by atoms with Gasteiger partial charge in [0, 0.05) is 0 Å². The first kappa shape index (κ1) is 20.3. The van der Waals surface area contributed by atoms with Crippen LogP contribution in [-0.2, 0) is 16.0 Å².